The molecule has 2 aromatic rings. The maximum absolute atomic E-state index is 12.5. The molecule has 2 aromatic carbocycles. The first-order valence-electron chi connectivity index (χ1n) is 9.87. The van der Waals surface area contributed by atoms with Crippen molar-refractivity contribution in [1.29, 1.82) is 0 Å². The molecule has 164 valence electrons. The minimum Gasteiger partial charge on any atom is -0.315 e. The van der Waals surface area contributed by atoms with E-state index in [1.54, 1.807) is 11.0 Å². The highest BCUT2D eigenvalue weighted by Crippen LogP contribution is 2.36. The highest BCUT2D eigenvalue weighted by molar-refractivity contribution is 7.80. The van der Waals surface area contributed by atoms with Crippen LogP contribution in [0.15, 0.2) is 76.0 Å². The normalized spacial score (nSPS) is 13.8. The first kappa shape index (κ1) is 23.7. The Kier molecular flexibility index (Phi) is 8.22. The molecule has 8 heteroatoms. The largest absolute Gasteiger partial charge is 0.315 e. The van der Waals surface area contributed by atoms with Crippen LogP contribution >= 0.6 is 35.4 Å². The highest BCUT2D eigenvalue weighted by atomic mass is 35.5. The monoisotopic (exact) mass is 484 g/mol. The van der Waals surface area contributed by atoms with E-state index in [2.05, 4.69) is 17.0 Å². The van der Waals surface area contributed by atoms with Crippen LogP contribution in [-0.4, -0.2) is 35.7 Å². The van der Waals surface area contributed by atoms with Gasteiger partial charge in [0.25, 0.3) is 0 Å². The maximum Gasteiger partial charge on any atom is 0.249 e. The molecule has 1 aliphatic rings. The van der Waals surface area contributed by atoms with Crippen LogP contribution in [0.25, 0.3) is 12.2 Å². The number of amides is 1. The molecule has 0 bridgehead atoms. The first-order valence-corrected chi connectivity index (χ1v) is 11.0. The van der Waals surface area contributed by atoms with Gasteiger partial charge in [0, 0.05) is 24.7 Å². The number of aliphatic imine (C=N–C) groups is 1. The molecule has 1 N–H and O–H groups in total. The van der Waals surface area contributed by atoms with Gasteiger partial charge in [0.1, 0.15) is 10.3 Å². The topological polar surface area (TPSA) is 47.9 Å². The molecule has 1 heterocycles. The van der Waals surface area contributed by atoms with E-state index in [0.29, 0.717) is 18.2 Å². The van der Waals surface area contributed by atoms with E-state index in [4.69, 9.17) is 35.4 Å². The van der Waals surface area contributed by atoms with Crippen molar-refractivity contribution in [3.05, 3.63) is 82.1 Å². The number of thiocarbonyl (C=S) groups is 1. The molecule has 1 aliphatic heterocycles. The minimum atomic E-state index is -0.368. The number of nitrogens with one attached hydrogen (secondary N) is 1. The Morgan fingerprint density at radius 2 is 1.88 bits per heavy atom. The lowest BCUT2D eigenvalue weighted by molar-refractivity contribution is -0.116. The number of anilines is 1. The second-order valence-electron chi connectivity index (χ2n) is 6.80. The second kappa shape index (κ2) is 11.1. The van der Waals surface area contributed by atoms with Crippen molar-refractivity contribution in [1.82, 2.24) is 10.2 Å². The Morgan fingerprint density at radius 3 is 2.53 bits per heavy atom. The number of para-hydroxylation sites is 1. The van der Waals surface area contributed by atoms with Gasteiger partial charge in [-0.3, -0.25) is 9.79 Å². The van der Waals surface area contributed by atoms with Crippen molar-refractivity contribution in [3.8, 4) is 0 Å². The average Bonchev–Trinajstić information content (AvgIpc) is 3.17. The number of nitrogens with zero attached hydrogens (tertiary/aromatic N) is 3. The molecule has 3 rings (SSSR count). The Labute approximate surface area is 203 Å². The average molecular weight is 485 g/mol. The zero-order chi connectivity index (χ0) is 23.1. The van der Waals surface area contributed by atoms with Crippen molar-refractivity contribution >= 4 is 76.7 Å². The number of carbonyl (C=O) groups excluding carboxylic acids is 1. The van der Waals surface area contributed by atoms with Gasteiger partial charge >= 0.3 is 0 Å². The standard InChI is InChI=1S/C24H22Cl2N4OS/c1-3-8-18-11-7-12-19(21(18)27-2)29-15-16-30(24(29)32)23(22(25)26)28-20(31)14-13-17-9-5-4-6-10-17/h3-14H,2,15-16H2,1H3,(H,28,31)/b8-3-,14-13+. The van der Waals surface area contributed by atoms with Crippen LogP contribution in [0.2, 0.25) is 0 Å². The number of rotatable bonds is 7. The molecule has 0 aromatic heterocycles. The van der Waals surface area contributed by atoms with Crippen LogP contribution in [0.5, 0.6) is 0 Å². The smallest absolute Gasteiger partial charge is 0.249 e. The van der Waals surface area contributed by atoms with Gasteiger partial charge in [-0.2, -0.15) is 0 Å². The van der Waals surface area contributed by atoms with Gasteiger partial charge in [0.2, 0.25) is 5.91 Å². The van der Waals surface area contributed by atoms with Crippen LogP contribution in [0.3, 0.4) is 0 Å². The molecule has 0 atom stereocenters. The molecular formula is C24H22Cl2N4OS. The van der Waals surface area contributed by atoms with Gasteiger partial charge in [-0.15, -0.1) is 0 Å². The van der Waals surface area contributed by atoms with Crippen LogP contribution in [0, 0.1) is 0 Å². The lowest BCUT2D eigenvalue weighted by atomic mass is 10.1. The molecule has 0 aliphatic carbocycles. The minimum absolute atomic E-state index is 0.0830. The Hall–Kier alpha value is -2.93. The lowest BCUT2D eigenvalue weighted by Crippen LogP contribution is -2.38. The van der Waals surface area contributed by atoms with E-state index in [1.165, 1.54) is 6.08 Å². The zero-order valence-electron chi connectivity index (χ0n) is 17.5. The van der Waals surface area contributed by atoms with E-state index in [1.807, 2.05) is 72.5 Å². The molecule has 32 heavy (non-hydrogen) atoms. The van der Waals surface area contributed by atoms with Gasteiger partial charge < -0.3 is 15.1 Å². The molecule has 5 nitrogen and oxygen atoms in total. The summed E-state index contributed by atoms with van der Waals surface area (Å²) in [6, 6.07) is 15.3. The van der Waals surface area contributed by atoms with Gasteiger partial charge in [-0.05, 0) is 43.6 Å². The summed E-state index contributed by atoms with van der Waals surface area (Å²) in [5.41, 5.74) is 3.39. The third-order valence-corrected chi connectivity index (χ3v) is 5.57. The van der Waals surface area contributed by atoms with E-state index in [9.17, 15) is 4.79 Å². The molecule has 0 unspecified atom stereocenters. The molecule has 1 saturated heterocycles. The highest BCUT2D eigenvalue weighted by Gasteiger charge is 2.32. The molecule has 0 spiro atoms. The fraction of sp³-hybridized carbons (Fsp3) is 0.125. The summed E-state index contributed by atoms with van der Waals surface area (Å²) in [4.78, 5) is 20.3. The van der Waals surface area contributed by atoms with Gasteiger partial charge in [0.15, 0.2) is 5.11 Å². The van der Waals surface area contributed by atoms with E-state index in [0.717, 1.165) is 22.5 Å². The van der Waals surface area contributed by atoms with Crippen molar-refractivity contribution in [2.24, 2.45) is 4.99 Å². The number of hydrogen-bond donors (Lipinski definition) is 1. The van der Waals surface area contributed by atoms with Gasteiger partial charge in [0.05, 0.1) is 11.4 Å². The first-order chi connectivity index (χ1) is 15.5. The molecular weight excluding hydrogens is 463 g/mol. The summed E-state index contributed by atoms with van der Waals surface area (Å²) in [6.45, 7) is 6.72. The van der Waals surface area contributed by atoms with Crippen LogP contribution in [0.4, 0.5) is 11.4 Å². The third kappa shape index (κ3) is 5.46. The maximum atomic E-state index is 12.5. The van der Waals surface area contributed by atoms with Crippen molar-refractivity contribution in [2.75, 3.05) is 18.0 Å². The van der Waals surface area contributed by atoms with E-state index in [-0.39, 0.29) is 16.2 Å². The van der Waals surface area contributed by atoms with Crippen LogP contribution in [-0.2, 0) is 4.79 Å². The molecule has 0 saturated carbocycles. The Bertz CT molecular complexity index is 1110. The van der Waals surface area contributed by atoms with E-state index < -0.39 is 0 Å². The molecule has 0 radical (unpaired) electrons. The fourth-order valence-electron chi connectivity index (χ4n) is 3.33. The predicted octanol–water partition coefficient (Wildman–Crippen LogP) is 5.89. The number of hydrogen-bond acceptors (Lipinski definition) is 3. The zero-order valence-corrected chi connectivity index (χ0v) is 19.8. The van der Waals surface area contributed by atoms with Crippen LogP contribution in [0.1, 0.15) is 18.1 Å². The fourth-order valence-corrected chi connectivity index (χ4v) is 4.00. The second-order valence-corrected chi connectivity index (χ2v) is 8.12. The summed E-state index contributed by atoms with van der Waals surface area (Å²) in [5, 5.41) is 3.20. The Balaban J connectivity index is 1.81. The van der Waals surface area contributed by atoms with Crippen molar-refractivity contribution < 1.29 is 4.79 Å². The number of carbonyl (C=O) groups is 1. The summed E-state index contributed by atoms with van der Waals surface area (Å²) >= 11 is 17.9. The van der Waals surface area contributed by atoms with Gasteiger partial charge in [-0.1, -0.05) is 77.8 Å². The molecule has 1 fully saturated rings. The van der Waals surface area contributed by atoms with Gasteiger partial charge in [-0.25, -0.2) is 0 Å². The summed E-state index contributed by atoms with van der Waals surface area (Å²) in [6.07, 6.45) is 7.03. The third-order valence-electron chi connectivity index (χ3n) is 4.77. The lowest BCUT2D eigenvalue weighted by Gasteiger charge is -2.25. The summed E-state index contributed by atoms with van der Waals surface area (Å²) in [5.74, 6) is -0.131. The van der Waals surface area contributed by atoms with E-state index >= 15 is 0 Å². The van der Waals surface area contributed by atoms with Crippen molar-refractivity contribution in [3.63, 3.8) is 0 Å². The Morgan fingerprint density at radius 1 is 1.12 bits per heavy atom. The number of benzene rings is 2. The predicted molar refractivity (Wildman–Crippen MR) is 139 cm³/mol. The summed E-state index contributed by atoms with van der Waals surface area (Å²) < 4.78 is -0.0830. The number of halogens is 2. The molecule has 1 amide bonds. The SMILES string of the molecule is C=Nc1c(/C=C\C)cccc1N1CCN(C(NC(=O)/C=C/c2ccccc2)=C(Cl)Cl)C1=S. The van der Waals surface area contributed by atoms with Crippen molar-refractivity contribution in [2.45, 2.75) is 6.92 Å². The summed E-state index contributed by atoms with van der Waals surface area (Å²) in [7, 11) is 0. The quantitative estimate of drug-likeness (QED) is 0.302. The van der Waals surface area contributed by atoms with Crippen LogP contribution < -0.4 is 10.2 Å². The number of allylic oxidation sites excluding steroid dienone is 1.